The zero-order valence-electron chi connectivity index (χ0n) is 16.4. The van der Waals surface area contributed by atoms with Crippen LogP contribution in [0.5, 0.6) is 0 Å². The van der Waals surface area contributed by atoms with Gasteiger partial charge in [0.1, 0.15) is 0 Å². The molecule has 5 aliphatic rings. The summed E-state index contributed by atoms with van der Waals surface area (Å²) in [4.78, 5) is 25.7. The van der Waals surface area contributed by atoms with E-state index in [9.17, 15) is 19.8 Å². The number of carbonyl (C=O) groups is 2. The van der Waals surface area contributed by atoms with Gasteiger partial charge in [-0.1, -0.05) is 0 Å². The molecule has 6 unspecified atom stereocenters. The van der Waals surface area contributed by atoms with Gasteiger partial charge in [-0.3, -0.25) is 0 Å². The molecule has 0 amide bonds. The second kappa shape index (κ2) is 5.02. The fourth-order valence-electron chi connectivity index (χ4n) is 7.82. The Morgan fingerprint density at radius 3 is 2.67 bits per heavy atom. The van der Waals surface area contributed by atoms with Crippen molar-refractivity contribution in [2.75, 3.05) is 12.8 Å². The first-order valence-corrected chi connectivity index (χ1v) is 12.3. The molecule has 1 aliphatic carbocycles. The van der Waals surface area contributed by atoms with Crippen LogP contribution in [0.4, 0.5) is 0 Å². The van der Waals surface area contributed by atoms with Gasteiger partial charge < -0.3 is 0 Å². The molecule has 2 N–H and O–H groups in total. The van der Waals surface area contributed by atoms with E-state index in [2.05, 4.69) is 6.92 Å². The van der Waals surface area contributed by atoms with Crippen LogP contribution < -0.4 is 0 Å². The summed E-state index contributed by atoms with van der Waals surface area (Å²) in [6.07, 6.45) is 0.631. The first-order valence-electron chi connectivity index (χ1n) is 9.98. The average molecular weight is 396 g/mol. The zero-order valence-corrected chi connectivity index (χ0v) is 17.4. The molecule has 1 spiro atoms. The minimum atomic E-state index is -2.56. The second-order valence-corrected chi connectivity index (χ2v) is 14.9. The van der Waals surface area contributed by atoms with E-state index in [4.69, 9.17) is 9.47 Å². The van der Waals surface area contributed by atoms with Gasteiger partial charge in [0.05, 0.1) is 0 Å². The number of fused-ring (bicyclic) bond motifs is 1. The first kappa shape index (κ1) is 18.2. The molecule has 4 saturated heterocycles. The Morgan fingerprint density at radius 1 is 1.37 bits per heavy atom. The van der Waals surface area contributed by atoms with Crippen molar-refractivity contribution < 1.29 is 29.3 Å². The number of hydrogen-bond donors (Lipinski definition) is 2. The van der Waals surface area contributed by atoms with Crippen molar-refractivity contribution >= 4 is 19.0 Å². The number of carbonyl (C=O) groups excluding carboxylic acids is 2. The molecule has 4 fully saturated rings. The molecule has 0 radical (unpaired) electrons. The van der Waals surface area contributed by atoms with Gasteiger partial charge in [0.2, 0.25) is 0 Å². The summed E-state index contributed by atoms with van der Waals surface area (Å²) in [7, 11) is -2.56. The maximum absolute atomic E-state index is 13.8. The molecule has 0 aromatic heterocycles. The summed E-state index contributed by atoms with van der Waals surface area (Å²) in [6.45, 7) is 7.91. The van der Waals surface area contributed by atoms with Crippen molar-refractivity contribution in [1.29, 1.82) is 0 Å². The van der Waals surface area contributed by atoms with E-state index in [-0.39, 0.29) is 17.5 Å². The summed E-state index contributed by atoms with van der Waals surface area (Å²) in [5.41, 5.74) is 1.28. The third-order valence-corrected chi connectivity index (χ3v) is 17.1. The molecule has 0 aromatic rings. The molecule has 0 saturated carbocycles. The van der Waals surface area contributed by atoms with E-state index < -0.39 is 41.4 Å². The van der Waals surface area contributed by atoms with Gasteiger partial charge >= 0.3 is 159 Å². The third-order valence-electron chi connectivity index (χ3n) is 9.22. The maximum atomic E-state index is 13.8. The summed E-state index contributed by atoms with van der Waals surface area (Å²) in [6, 6.07) is 0. The molecule has 7 atom stereocenters. The summed E-state index contributed by atoms with van der Waals surface area (Å²) >= 11 is 0. The van der Waals surface area contributed by atoms with Gasteiger partial charge in [-0.15, -0.1) is 0 Å². The zero-order chi connectivity index (χ0) is 19.6. The molecule has 5 rings (SSSR count). The van der Waals surface area contributed by atoms with Crippen LogP contribution >= 0.6 is 7.26 Å². The summed E-state index contributed by atoms with van der Waals surface area (Å²) in [5.74, 6) is -0.656. The van der Waals surface area contributed by atoms with E-state index in [1.54, 1.807) is 0 Å². The third kappa shape index (κ3) is 1.63. The van der Waals surface area contributed by atoms with Crippen LogP contribution in [0.2, 0.25) is 0 Å². The fraction of sp³-hybridized carbons (Fsp3) is 0.800. The molecule has 27 heavy (non-hydrogen) atoms. The molecule has 4 aliphatic heterocycles. The predicted octanol–water partition coefficient (Wildman–Crippen LogP) is 1.16. The molecule has 7 heteroatoms. The quantitative estimate of drug-likeness (QED) is 0.393. The number of ether oxygens (including phenoxy) is 2. The van der Waals surface area contributed by atoms with Gasteiger partial charge in [-0.2, -0.15) is 0 Å². The van der Waals surface area contributed by atoms with Crippen molar-refractivity contribution in [3.05, 3.63) is 11.1 Å². The summed E-state index contributed by atoms with van der Waals surface area (Å²) < 4.78 is 11.4. The van der Waals surface area contributed by atoms with E-state index in [1.165, 1.54) is 6.92 Å². The van der Waals surface area contributed by atoms with Crippen molar-refractivity contribution in [2.24, 2.45) is 0 Å². The average Bonchev–Trinajstić information content (AvgIpc) is 2.57. The fourth-order valence-corrected chi connectivity index (χ4v) is 16.9. The van der Waals surface area contributed by atoms with Crippen LogP contribution in [0.3, 0.4) is 0 Å². The predicted molar refractivity (Wildman–Crippen MR) is 102 cm³/mol. The number of esters is 1. The molecular weight excluding hydrogens is 367 g/mol. The van der Waals surface area contributed by atoms with Gasteiger partial charge in [-0.05, 0) is 0 Å². The van der Waals surface area contributed by atoms with E-state index in [0.717, 1.165) is 11.1 Å². The van der Waals surface area contributed by atoms with Crippen molar-refractivity contribution in [3.8, 4) is 0 Å². The van der Waals surface area contributed by atoms with Gasteiger partial charge in [0, 0.05) is 0 Å². The van der Waals surface area contributed by atoms with Crippen molar-refractivity contribution in [2.45, 2.75) is 86.8 Å². The Hall–Kier alpha value is -0.810. The number of aliphatic hydroxyl groups is 2. The Morgan fingerprint density at radius 2 is 2.07 bits per heavy atom. The molecule has 0 aromatic carbocycles. The second-order valence-electron chi connectivity index (χ2n) is 9.78. The Labute approximate surface area is 159 Å². The van der Waals surface area contributed by atoms with Crippen LogP contribution in [-0.4, -0.2) is 74.6 Å². The number of ketones is 1. The molecule has 4 heterocycles. The number of rotatable bonds is 1. The van der Waals surface area contributed by atoms with E-state index in [0.29, 0.717) is 32.0 Å². The molecule has 0 bridgehead atoms. The number of aliphatic hydroxyl groups excluding tert-OH is 1. The number of Topliss-reactive ketones (excluding diaryl/α,β-unsaturated/α-hetero) is 1. The minimum absolute atomic E-state index is 0.0114. The Bertz CT molecular complexity index is 808. The van der Waals surface area contributed by atoms with Crippen LogP contribution in [0.15, 0.2) is 11.1 Å². The normalized spacial score (nSPS) is 53.2. The van der Waals surface area contributed by atoms with Crippen LogP contribution in [0, 0.1) is 0 Å². The standard InChI is InChI=1S/C20H29O6P/c1-10-5-6-20(24)9-27-13-8-25-12(13)7-14(22)18(27,3)17(23)16(26-11(2)21)15(10)19(20,27)4/h12-14,16,22,24,27H,5-9H2,1-4H3/t12?,13?,14?,16-,18?,19?,20?/m1/s1. The Balaban J connectivity index is 1.80. The van der Waals surface area contributed by atoms with Crippen LogP contribution in [0.1, 0.15) is 47.0 Å². The summed E-state index contributed by atoms with van der Waals surface area (Å²) in [5, 5.41) is 21.3. The molecular formula is C20H29O6P. The molecule has 150 valence electrons. The SMILES string of the molecule is CC(=O)O[C@H]1C(=O)C2(C)C(O)CC3OCC3[PH]23CC2(O)CCC(C)=C1C23C. The topological polar surface area (TPSA) is 93.1 Å². The van der Waals surface area contributed by atoms with Crippen LogP contribution in [0.25, 0.3) is 0 Å². The van der Waals surface area contributed by atoms with E-state index >= 15 is 0 Å². The van der Waals surface area contributed by atoms with Gasteiger partial charge in [0.15, 0.2) is 0 Å². The van der Waals surface area contributed by atoms with E-state index in [1.807, 2.05) is 13.8 Å². The monoisotopic (exact) mass is 396 g/mol. The van der Waals surface area contributed by atoms with Crippen LogP contribution in [-0.2, 0) is 19.1 Å². The molecule has 6 nitrogen and oxygen atoms in total. The Kier molecular flexibility index (Phi) is 3.39. The van der Waals surface area contributed by atoms with Gasteiger partial charge in [-0.25, -0.2) is 0 Å². The number of hydrogen-bond acceptors (Lipinski definition) is 6. The van der Waals surface area contributed by atoms with Crippen molar-refractivity contribution in [3.63, 3.8) is 0 Å². The number of allylic oxidation sites excluding steroid dienone is 1. The van der Waals surface area contributed by atoms with Crippen molar-refractivity contribution in [1.82, 2.24) is 0 Å². The van der Waals surface area contributed by atoms with Gasteiger partial charge in [0.25, 0.3) is 0 Å². The first-order chi connectivity index (χ1) is 12.5.